The Morgan fingerprint density at radius 1 is 1.05 bits per heavy atom. The highest BCUT2D eigenvalue weighted by Crippen LogP contribution is 2.23. The van der Waals surface area contributed by atoms with Gasteiger partial charge in [-0.15, -0.1) is 0 Å². The van der Waals surface area contributed by atoms with E-state index in [0.717, 1.165) is 11.1 Å². The maximum Gasteiger partial charge on any atom is 0.336 e. The smallest absolute Gasteiger partial charge is 0.336 e. The van der Waals surface area contributed by atoms with E-state index in [1.54, 1.807) is 18.2 Å². The number of benzene rings is 2. The minimum Gasteiger partial charge on any atom is -0.478 e. The monoisotopic (exact) mass is 281 g/mol. The summed E-state index contributed by atoms with van der Waals surface area (Å²) >= 11 is 0. The summed E-state index contributed by atoms with van der Waals surface area (Å²) in [5, 5.41) is 20.2. The molecule has 4 heteroatoms. The zero-order valence-electron chi connectivity index (χ0n) is 11.3. The molecule has 1 heterocycles. The summed E-state index contributed by atoms with van der Waals surface area (Å²) in [6, 6.07) is 16.4. The van der Waals surface area contributed by atoms with Crippen LogP contribution in [0.4, 0.5) is 0 Å². The van der Waals surface area contributed by atoms with Crippen molar-refractivity contribution in [3.63, 3.8) is 0 Å². The molecule has 0 aliphatic rings. The summed E-state index contributed by atoms with van der Waals surface area (Å²) in [6.45, 7) is 0.386. The minimum absolute atomic E-state index is 0.278. The number of aliphatic hydroxyl groups is 1. The highest BCUT2D eigenvalue weighted by Gasteiger charge is 2.13. The van der Waals surface area contributed by atoms with E-state index in [0.29, 0.717) is 11.9 Å². The Kier molecular flexibility index (Phi) is 3.46. The van der Waals surface area contributed by atoms with Crippen molar-refractivity contribution in [3.05, 3.63) is 71.9 Å². The number of carbonyl (C=O) groups is 1. The Labute approximate surface area is 121 Å². The van der Waals surface area contributed by atoms with Crippen LogP contribution < -0.4 is 0 Å². The molecule has 3 aromatic rings. The molecule has 1 unspecified atom stereocenters. The van der Waals surface area contributed by atoms with E-state index < -0.39 is 12.1 Å². The average molecular weight is 281 g/mol. The highest BCUT2D eigenvalue weighted by atomic mass is 16.4. The van der Waals surface area contributed by atoms with Gasteiger partial charge in [-0.25, -0.2) is 4.79 Å². The van der Waals surface area contributed by atoms with E-state index in [2.05, 4.69) is 0 Å². The lowest BCUT2D eigenvalue weighted by Gasteiger charge is -2.13. The average Bonchev–Trinajstić information content (AvgIpc) is 2.91. The predicted molar refractivity (Wildman–Crippen MR) is 80.3 cm³/mol. The van der Waals surface area contributed by atoms with Crippen molar-refractivity contribution < 1.29 is 15.0 Å². The zero-order valence-corrected chi connectivity index (χ0v) is 11.3. The van der Waals surface area contributed by atoms with Crippen LogP contribution >= 0.6 is 0 Å². The van der Waals surface area contributed by atoms with Crippen molar-refractivity contribution >= 4 is 16.9 Å². The van der Waals surface area contributed by atoms with Gasteiger partial charge in [-0.3, -0.25) is 0 Å². The van der Waals surface area contributed by atoms with Gasteiger partial charge in [-0.2, -0.15) is 0 Å². The maximum atomic E-state index is 11.2. The first kappa shape index (κ1) is 13.4. The van der Waals surface area contributed by atoms with Gasteiger partial charge in [0.1, 0.15) is 0 Å². The van der Waals surface area contributed by atoms with E-state index in [-0.39, 0.29) is 5.56 Å². The summed E-state index contributed by atoms with van der Waals surface area (Å²) in [5.41, 5.74) is 1.93. The Morgan fingerprint density at radius 3 is 2.52 bits per heavy atom. The Bertz CT molecular complexity index is 777. The summed E-state index contributed by atoms with van der Waals surface area (Å²) in [6.07, 6.45) is 1.18. The second-order valence-electron chi connectivity index (χ2n) is 4.94. The second-order valence-corrected chi connectivity index (χ2v) is 4.94. The third-order valence-electron chi connectivity index (χ3n) is 3.60. The number of aromatic carboxylic acids is 1. The molecule has 0 bridgehead atoms. The first-order valence-electron chi connectivity index (χ1n) is 6.71. The fourth-order valence-corrected chi connectivity index (χ4v) is 2.54. The van der Waals surface area contributed by atoms with Crippen molar-refractivity contribution in [2.24, 2.45) is 0 Å². The molecule has 3 rings (SSSR count). The molecule has 2 aromatic carbocycles. The van der Waals surface area contributed by atoms with Crippen molar-refractivity contribution in [1.29, 1.82) is 0 Å². The fourth-order valence-electron chi connectivity index (χ4n) is 2.54. The lowest BCUT2D eigenvalue weighted by atomic mass is 10.1. The number of nitrogens with zero attached hydrogens (tertiary/aromatic N) is 1. The quantitative estimate of drug-likeness (QED) is 0.772. The summed E-state index contributed by atoms with van der Waals surface area (Å²) in [7, 11) is 0. The topological polar surface area (TPSA) is 62.5 Å². The van der Waals surface area contributed by atoms with Crippen LogP contribution in [-0.4, -0.2) is 20.7 Å². The molecule has 1 aromatic heterocycles. The molecule has 0 spiro atoms. The zero-order chi connectivity index (χ0) is 14.8. The maximum absolute atomic E-state index is 11.2. The molecular formula is C17H15NO3. The fraction of sp³-hybridized carbons (Fsp3) is 0.118. The molecule has 106 valence electrons. The Morgan fingerprint density at radius 2 is 1.81 bits per heavy atom. The van der Waals surface area contributed by atoms with Crippen LogP contribution in [0.1, 0.15) is 22.0 Å². The normalized spacial score (nSPS) is 12.4. The van der Waals surface area contributed by atoms with Crippen molar-refractivity contribution in [2.45, 2.75) is 12.6 Å². The summed E-state index contributed by atoms with van der Waals surface area (Å²) < 4.78 is 1.87. The van der Waals surface area contributed by atoms with Crippen LogP contribution in [0.15, 0.2) is 60.8 Å². The number of aromatic nitrogens is 1. The van der Waals surface area contributed by atoms with Gasteiger partial charge in [-0.1, -0.05) is 36.4 Å². The lowest BCUT2D eigenvalue weighted by Crippen LogP contribution is -2.07. The second kappa shape index (κ2) is 5.42. The van der Waals surface area contributed by atoms with E-state index in [1.807, 2.05) is 47.2 Å². The summed E-state index contributed by atoms with van der Waals surface area (Å²) in [5.74, 6) is -0.943. The van der Waals surface area contributed by atoms with Gasteiger partial charge in [0.25, 0.3) is 0 Å². The molecule has 4 nitrogen and oxygen atoms in total. The van der Waals surface area contributed by atoms with Gasteiger partial charge < -0.3 is 14.8 Å². The molecule has 1 atom stereocenters. The van der Waals surface area contributed by atoms with E-state index >= 15 is 0 Å². The molecule has 0 saturated heterocycles. The molecule has 0 fully saturated rings. The van der Waals surface area contributed by atoms with Crippen molar-refractivity contribution in [3.8, 4) is 0 Å². The van der Waals surface area contributed by atoms with Gasteiger partial charge in [0.15, 0.2) is 0 Å². The van der Waals surface area contributed by atoms with E-state index in [4.69, 9.17) is 0 Å². The summed E-state index contributed by atoms with van der Waals surface area (Å²) in [4.78, 5) is 11.2. The largest absolute Gasteiger partial charge is 0.478 e. The molecule has 0 radical (unpaired) electrons. The highest BCUT2D eigenvalue weighted by molar-refractivity contribution is 6.02. The Balaban J connectivity index is 1.95. The Hall–Kier alpha value is -2.59. The van der Waals surface area contributed by atoms with E-state index in [1.165, 1.54) is 0 Å². The van der Waals surface area contributed by atoms with Gasteiger partial charge in [0.2, 0.25) is 0 Å². The van der Waals surface area contributed by atoms with Gasteiger partial charge >= 0.3 is 5.97 Å². The number of hydrogen-bond donors (Lipinski definition) is 2. The van der Waals surface area contributed by atoms with E-state index in [9.17, 15) is 15.0 Å². The number of hydrogen-bond acceptors (Lipinski definition) is 2. The van der Waals surface area contributed by atoms with Crippen LogP contribution in [0.5, 0.6) is 0 Å². The number of fused-ring (bicyclic) bond motifs is 1. The number of carboxylic acid groups (broad SMARTS) is 1. The number of rotatable bonds is 4. The third-order valence-corrected chi connectivity index (χ3v) is 3.60. The molecule has 0 saturated carbocycles. The third kappa shape index (κ3) is 2.53. The van der Waals surface area contributed by atoms with Gasteiger partial charge in [-0.05, 0) is 23.8 Å². The molecule has 0 aliphatic heterocycles. The van der Waals surface area contributed by atoms with Crippen LogP contribution in [0.2, 0.25) is 0 Å². The molecule has 21 heavy (non-hydrogen) atoms. The van der Waals surface area contributed by atoms with Crippen LogP contribution in [-0.2, 0) is 6.54 Å². The van der Waals surface area contributed by atoms with Crippen LogP contribution in [0.25, 0.3) is 10.9 Å². The van der Waals surface area contributed by atoms with Crippen molar-refractivity contribution in [2.75, 3.05) is 0 Å². The standard InChI is InChI=1S/C17H15NO3/c19-16(12-5-2-1-3-6-12)11-18-10-9-13-14(17(20)21)7-4-8-15(13)18/h1-10,16,19H,11H2,(H,20,21). The first-order chi connectivity index (χ1) is 10.2. The SMILES string of the molecule is O=C(O)c1cccc2c1ccn2CC(O)c1ccccc1. The predicted octanol–water partition coefficient (Wildman–Crippen LogP) is 3.07. The molecule has 0 aliphatic carbocycles. The molecular weight excluding hydrogens is 266 g/mol. The minimum atomic E-state index is -0.943. The van der Waals surface area contributed by atoms with Crippen molar-refractivity contribution in [1.82, 2.24) is 4.57 Å². The molecule has 0 amide bonds. The lowest BCUT2D eigenvalue weighted by molar-refractivity contribution is 0.0699. The molecule has 2 N–H and O–H groups in total. The van der Waals surface area contributed by atoms with Gasteiger partial charge in [0, 0.05) is 17.1 Å². The first-order valence-corrected chi connectivity index (χ1v) is 6.71. The van der Waals surface area contributed by atoms with Crippen LogP contribution in [0, 0.1) is 0 Å². The number of carboxylic acids is 1. The van der Waals surface area contributed by atoms with Gasteiger partial charge in [0.05, 0.1) is 18.2 Å². The number of aliphatic hydroxyl groups excluding tert-OH is 1. The van der Waals surface area contributed by atoms with Crippen LogP contribution in [0.3, 0.4) is 0 Å².